The lowest BCUT2D eigenvalue weighted by atomic mass is 9.84. The standard InChI is InChI=1S/C32H44N2O5S/c1-20(2)34(24-16-14-22(15-17-24)30(36)38-6)19-21-10-9-11-23(18-21)28(35)33-29-27(31(37)39-32(3,4)5)25-12-7-8-13-26(25)40-29/h9-11,18,20,22,24H,7-8,12-17,19H2,1-6H3,(H,33,35). The molecule has 0 spiro atoms. The topological polar surface area (TPSA) is 84.9 Å². The maximum Gasteiger partial charge on any atom is 0.341 e. The molecule has 218 valence electrons. The highest BCUT2D eigenvalue weighted by Gasteiger charge is 2.32. The summed E-state index contributed by atoms with van der Waals surface area (Å²) in [4.78, 5) is 42.3. The number of hydrogen-bond donors (Lipinski definition) is 1. The molecule has 2 aliphatic carbocycles. The lowest BCUT2D eigenvalue weighted by molar-refractivity contribution is -0.147. The smallest absolute Gasteiger partial charge is 0.341 e. The Morgan fingerprint density at radius 2 is 1.77 bits per heavy atom. The first-order valence-electron chi connectivity index (χ1n) is 14.6. The van der Waals surface area contributed by atoms with Crippen molar-refractivity contribution in [3.63, 3.8) is 0 Å². The lowest BCUT2D eigenvalue weighted by Gasteiger charge is -2.39. The van der Waals surface area contributed by atoms with Crippen LogP contribution in [0.15, 0.2) is 24.3 Å². The van der Waals surface area contributed by atoms with Crippen LogP contribution in [0.4, 0.5) is 5.00 Å². The van der Waals surface area contributed by atoms with Gasteiger partial charge >= 0.3 is 11.9 Å². The average molecular weight is 569 g/mol. The zero-order valence-corrected chi connectivity index (χ0v) is 25.6. The molecule has 1 saturated carbocycles. The van der Waals surface area contributed by atoms with E-state index in [1.807, 2.05) is 39.0 Å². The lowest BCUT2D eigenvalue weighted by Crippen LogP contribution is -2.42. The molecule has 0 radical (unpaired) electrons. The van der Waals surface area contributed by atoms with Crippen molar-refractivity contribution in [3.05, 3.63) is 51.4 Å². The molecule has 0 bridgehead atoms. The highest BCUT2D eigenvalue weighted by molar-refractivity contribution is 7.17. The van der Waals surface area contributed by atoms with Gasteiger partial charge in [0.05, 0.1) is 18.6 Å². The fourth-order valence-electron chi connectivity index (χ4n) is 5.94. The van der Waals surface area contributed by atoms with E-state index in [9.17, 15) is 14.4 Å². The molecule has 2 aliphatic rings. The van der Waals surface area contributed by atoms with Crippen molar-refractivity contribution in [1.82, 2.24) is 4.90 Å². The molecule has 0 aliphatic heterocycles. The Kier molecular flexibility index (Phi) is 9.72. The van der Waals surface area contributed by atoms with Crippen LogP contribution >= 0.6 is 11.3 Å². The van der Waals surface area contributed by atoms with Gasteiger partial charge in [-0.05, 0) is 109 Å². The van der Waals surface area contributed by atoms with Crippen molar-refractivity contribution in [1.29, 1.82) is 0 Å². The molecule has 1 N–H and O–H groups in total. The Hall–Kier alpha value is -2.71. The first-order chi connectivity index (χ1) is 19.0. The van der Waals surface area contributed by atoms with Crippen LogP contribution in [0, 0.1) is 5.92 Å². The normalized spacial score (nSPS) is 19.3. The van der Waals surface area contributed by atoms with Gasteiger partial charge in [0.15, 0.2) is 0 Å². The van der Waals surface area contributed by atoms with Crippen LogP contribution in [-0.2, 0) is 33.7 Å². The van der Waals surface area contributed by atoms with Gasteiger partial charge in [0.25, 0.3) is 5.91 Å². The summed E-state index contributed by atoms with van der Waals surface area (Å²) in [7, 11) is 1.46. The summed E-state index contributed by atoms with van der Waals surface area (Å²) in [5.41, 5.74) is 2.57. The van der Waals surface area contributed by atoms with Crippen LogP contribution in [0.1, 0.15) is 110 Å². The summed E-state index contributed by atoms with van der Waals surface area (Å²) >= 11 is 1.51. The molecule has 1 aromatic carbocycles. The van der Waals surface area contributed by atoms with Crippen LogP contribution in [-0.4, -0.2) is 47.5 Å². The van der Waals surface area contributed by atoms with Crippen LogP contribution in [0.2, 0.25) is 0 Å². The predicted molar refractivity (Wildman–Crippen MR) is 159 cm³/mol. The number of benzene rings is 1. The molecule has 1 fully saturated rings. The number of anilines is 1. The number of fused-ring (bicyclic) bond motifs is 1. The number of aryl methyl sites for hydroxylation is 1. The molecule has 4 rings (SSSR count). The van der Waals surface area contributed by atoms with Crippen LogP contribution in [0.5, 0.6) is 0 Å². The SMILES string of the molecule is COC(=O)C1CCC(N(Cc2cccc(C(=O)Nc3sc4c(c3C(=O)OC(C)(C)C)CCCC4)c2)C(C)C)CC1. The van der Waals surface area contributed by atoms with Gasteiger partial charge in [-0.3, -0.25) is 14.5 Å². The van der Waals surface area contributed by atoms with Crippen LogP contribution < -0.4 is 5.32 Å². The van der Waals surface area contributed by atoms with Crippen molar-refractivity contribution in [2.45, 2.75) is 110 Å². The van der Waals surface area contributed by atoms with Gasteiger partial charge in [-0.1, -0.05) is 12.1 Å². The largest absolute Gasteiger partial charge is 0.469 e. The van der Waals surface area contributed by atoms with Crippen molar-refractivity contribution in [3.8, 4) is 0 Å². The fraction of sp³-hybridized carbons (Fsp3) is 0.594. The first-order valence-corrected chi connectivity index (χ1v) is 15.4. The second kappa shape index (κ2) is 12.9. The Labute approximate surface area is 242 Å². The molecule has 0 atom stereocenters. The summed E-state index contributed by atoms with van der Waals surface area (Å²) in [6, 6.07) is 8.46. The summed E-state index contributed by atoms with van der Waals surface area (Å²) in [5, 5.41) is 3.65. The van der Waals surface area contributed by atoms with E-state index in [0.29, 0.717) is 28.2 Å². The second-order valence-corrected chi connectivity index (χ2v) is 13.5. The van der Waals surface area contributed by atoms with Gasteiger partial charge in [-0.25, -0.2) is 4.79 Å². The molecule has 1 heterocycles. The molecular weight excluding hydrogens is 524 g/mol. The number of amides is 1. The number of hydrogen-bond acceptors (Lipinski definition) is 7. The summed E-state index contributed by atoms with van der Waals surface area (Å²) < 4.78 is 10.7. The van der Waals surface area contributed by atoms with Crippen molar-refractivity contribution < 1.29 is 23.9 Å². The molecule has 0 unspecified atom stereocenters. The number of nitrogens with one attached hydrogen (secondary N) is 1. The molecule has 2 aromatic rings. The first kappa shape index (κ1) is 30.3. The second-order valence-electron chi connectivity index (χ2n) is 12.4. The summed E-state index contributed by atoms with van der Waals surface area (Å²) in [6.45, 7) is 10.7. The Morgan fingerprint density at radius 3 is 2.42 bits per heavy atom. The number of carbonyl (C=O) groups excluding carboxylic acids is 3. The highest BCUT2D eigenvalue weighted by Crippen LogP contribution is 2.39. The molecule has 0 saturated heterocycles. The van der Waals surface area contributed by atoms with Gasteiger partial charge in [0.1, 0.15) is 10.6 Å². The number of nitrogens with zero attached hydrogens (tertiary/aromatic N) is 1. The van der Waals surface area contributed by atoms with E-state index in [2.05, 4.69) is 30.1 Å². The summed E-state index contributed by atoms with van der Waals surface area (Å²) in [5.74, 6) is -0.698. The number of ether oxygens (including phenoxy) is 2. The van der Waals surface area contributed by atoms with Gasteiger partial charge in [0, 0.05) is 29.1 Å². The van der Waals surface area contributed by atoms with Crippen molar-refractivity contribution >= 4 is 34.2 Å². The number of esters is 2. The van der Waals surface area contributed by atoms with E-state index >= 15 is 0 Å². The summed E-state index contributed by atoms with van der Waals surface area (Å²) in [6.07, 6.45) is 7.47. The van der Waals surface area contributed by atoms with E-state index in [0.717, 1.165) is 69.0 Å². The minimum atomic E-state index is -0.614. The third-order valence-electron chi connectivity index (χ3n) is 7.92. The van der Waals surface area contributed by atoms with Crippen LogP contribution in [0.25, 0.3) is 0 Å². The Balaban J connectivity index is 1.49. The number of methoxy groups -OCH3 is 1. The van der Waals surface area contributed by atoms with E-state index in [1.54, 1.807) is 0 Å². The average Bonchev–Trinajstić information content (AvgIpc) is 3.28. The zero-order chi connectivity index (χ0) is 29.0. The predicted octanol–water partition coefficient (Wildman–Crippen LogP) is 6.78. The molecule has 40 heavy (non-hydrogen) atoms. The maximum atomic E-state index is 13.5. The number of thiophene rings is 1. The van der Waals surface area contributed by atoms with E-state index in [4.69, 9.17) is 9.47 Å². The van der Waals surface area contributed by atoms with Gasteiger partial charge in [-0.2, -0.15) is 0 Å². The molecule has 7 nitrogen and oxygen atoms in total. The van der Waals surface area contributed by atoms with Crippen molar-refractivity contribution in [2.24, 2.45) is 5.92 Å². The molecule has 1 aromatic heterocycles. The van der Waals surface area contributed by atoms with E-state index in [-0.39, 0.29) is 23.8 Å². The Morgan fingerprint density at radius 1 is 1.07 bits per heavy atom. The molecule has 1 amide bonds. The van der Waals surface area contributed by atoms with Gasteiger partial charge < -0.3 is 14.8 Å². The van der Waals surface area contributed by atoms with E-state index in [1.165, 1.54) is 23.3 Å². The van der Waals surface area contributed by atoms with Crippen LogP contribution in [0.3, 0.4) is 0 Å². The minimum absolute atomic E-state index is 0.00391. The fourth-order valence-corrected chi connectivity index (χ4v) is 7.21. The minimum Gasteiger partial charge on any atom is -0.469 e. The van der Waals surface area contributed by atoms with Crippen molar-refractivity contribution in [2.75, 3.05) is 12.4 Å². The van der Waals surface area contributed by atoms with E-state index < -0.39 is 5.60 Å². The molecular formula is C32H44N2O5S. The monoisotopic (exact) mass is 568 g/mol. The Bertz CT molecular complexity index is 1220. The van der Waals surface area contributed by atoms with Gasteiger partial charge in [-0.15, -0.1) is 11.3 Å². The number of rotatable bonds is 8. The molecule has 8 heteroatoms. The van der Waals surface area contributed by atoms with Gasteiger partial charge in [0.2, 0.25) is 0 Å². The third-order valence-corrected chi connectivity index (χ3v) is 9.13. The third kappa shape index (κ3) is 7.32. The maximum absolute atomic E-state index is 13.5. The quantitative estimate of drug-likeness (QED) is 0.354. The zero-order valence-electron chi connectivity index (χ0n) is 24.8. The highest BCUT2D eigenvalue weighted by atomic mass is 32.1. The number of carbonyl (C=O) groups is 3.